The molecule has 1 aliphatic heterocycles. The van der Waals surface area contributed by atoms with Gasteiger partial charge in [-0.3, -0.25) is 0 Å². The predicted octanol–water partition coefficient (Wildman–Crippen LogP) is 2.21. The van der Waals surface area contributed by atoms with Crippen molar-refractivity contribution in [2.45, 2.75) is 12.0 Å². The molecule has 0 bridgehead atoms. The molecule has 1 atom stereocenters. The van der Waals surface area contributed by atoms with Crippen LogP contribution in [-0.4, -0.2) is 48.6 Å². The van der Waals surface area contributed by atoms with Crippen LogP contribution in [0.4, 0.5) is 10.2 Å². The van der Waals surface area contributed by atoms with Gasteiger partial charge in [0, 0.05) is 12.3 Å². The van der Waals surface area contributed by atoms with Gasteiger partial charge in [-0.1, -0.05) is 12.1 Å². The molecule has 0 aliphatic carbocycles. The fourth-order valence-electron chi connectivity index (χ4n) is 2.68. The molecule has 1 aromatic carbocycles. The molecule has 0 spiro atoms. The third-order valence-electron chi connectivity index (χ3n) is 4.06. The zero-order chi connectivity index (χ0) is 16.6. The van der Waals surface area contributed by atoms with Gasteiger partial charge >= 0.3 is 0 Å². The van der Waals surface area contributed by atoms with Gasteiger partial charge in [-0.05, 0) is 36.4 Å². The van der Waals surface area contributed by atoms with Gasteiger partial charge < -0.3 is 10.4 Å². The molecule has 6 nitrogen and oxygen atoms in total. The van der Waals surface area contributed by atoms with E-state index >= 15 is 0 Å². The third-order valence-corrected chi connectivity index (χ3v) is 5.29. The van der Waals surface area contributed by atoms with Crippen molar-refractivity contribution in [3.8, 4) is 11.4 Å². The number of aromatic nitrogens is 4. The Morgan fingerprint density at radius 3 is 2.92 bits per heavy atom. The lowest BCUT2D eigenvalue weighted by molar-refractivity contribution is 0.0819. The van der Waals surface area contributed by atoms with Gasteiger partial charge in [0.05, 0.1) is 11.2 Å². The van der Waals surface area contributed by atoms with Crippen molar-refractivity contribution < 1.29 is 9.50 Å². The second kappa shape index (κ2) is 6.03. The number of hydrogen-bond acceptors (Lipinski definition) is 6. The highest BCUT2D eigenvalue weighted by Gasteiger charge is 2.31. The van der Waals surface area contributed by atoms with Crippen molar-refractivity contribution in [2.75, 3.05) is 23.4 Å². The van der Waals surface area contributed by atoms with Crippen LogP contribution in [0.15, 0.2) is 36.4 Å². The molecule has 4 rings (SSSR count). The molecule has 1 unspecified atom stereocenters. The highest BCUT2D eigenvalue weighted by molar-refractivity contribution is 7.99. The minimum Gasteiger partial charge on any atom is -0.387 e. The van der Waals surface area contributed by atoms with Crippen LogP contribution in [0.2, 0.25) is 0 Å². The Kier molecular flexibility index (Phi) is 3.85. The zero-order valence-corrected chi connectivity index (χ0v) is 13.6. The molecule has 124 valence electrons. The number of halogens is 1. The summed E-state index contributed by atoms with van der Waals surface area (Å²) in [6.07, 6.45) is 0.764. The summed E-state index contributed by atoms with van der Waals surface area (Å²) in [5, 5.41) is 26.1. The first-order valence-electron chi connectivity index (χ1n) is 7.66. The smallest absolute Gasteiger partial charge is 0.188 e. The van der Waals surface area contributed by atoms with Crippen molar-refractivity contribution in [1.29, 1.82) is 0 Å². The lowest BCUT2D eigenvalue weighted by Gasteiger charge is -2.21. The Morgan fingerprint density at radius 2 is 2.12 bits per heavy atom. The minimum absolute atomic E-state index is 0.348. The number of nitrogens with one attached hydrogen (secondary N) is 1. The number of aliphatic hydroxyl groups is 1. The summed E-state index contributed by atoms with van der Waals surface area (Å²) >= 11 is 1.74. The Balaban J connectivity index is 1.65. The second-order valence-electron chi connectivity index (χ2n) is 5.87. The maximum absolute atomic E-state index is 14.0. The SMILES string of the molecule is OC1(CNc2ccc3nnc(-c4ccccc4F)n3n2)CCSC1. The minimum atomic E-state index is -0.705. The molecule has 3 aromatic rings. The lowest BCUT2D eigenvalue weighted by Crippen LogP contribution is -2.36. The van der Waals surface area contributed by atoms with Gasteiger partial charge in [-0.15, -0.1) is 15.3 Å². The van der Waals surface area contributed by atoms with Crippen LogP contribution in [0.1, 0.15) is 6.42 Å². The van der Waals surface area contributed by atoms with E-state index in [0.29, 0.717) is 29.4 Å². The highest BCUT2D eigenvalue weighted by atomic mass is 32.2. The van der Waals surface area contributed by atoms with Crippen molar-refractivity contribution >= 4 is 23.2 Å². The Morgan fingerprint density at radius 1 is 1.25 bits per heavy atom. The van der Waals surface area contributed by atoms with Crippen LogP contribution in [0.3, 0.4) is 0 Å². The van der Waals surface area contributed by atoms with E-state index in [1.165, 1.54) is 10.6 Å². The van der Waals surface area contributed by atoms with Crippen molar-refractivity contribution in [3.63, 3.8) is 0 Å². The number of benzene rings is 1. The summed E-state index contributed by atoms with van der Waals surface area (Å²) in [4.78, 5) is 0. The molecule has 24 heavy (non-hydrogen) atoms. The predicted molar refractivity (Wildman–Crippen MR) is 91.6 cm³/mol. The first-order chi connectivity index (χ1) is 11.6. The number of fused-ring (bicyclic) bond motifs is 1. The van der Waals surface area contributed by atoms with Crippen molar-refractivity contribution in [1.82, 2.24) is 19.8 Å². The average Bonchev–Trinajstić information content (AvgIpc) is 3.20. The van der Waals surface area contributed by atoms with Crippen LogP contribution < -0.4 is 5.32 Å². The fraction of sp³-hybridized carbons (Fsp3) is 0.312. The topological polar surface area (TPSA) is 75.3 Å². The van der Waals surface area contributed by atoms with E-state index in [1.54, 1.807) is 42.1 Å². The van der Waals surface area contributed by atoms with Crippen LogP contribution in [-0.2, 0) is 0 Å². The molecule has 8 heteroatoms. The lowest BCUT2D eigenvalue weighted by atomic mass is 10.0. The standard InChI is InChI=1S/C16H16FN5OS/c17-12-4-2-1-3-11(12)15-20-19-14-6-5-13(21-22(14)15)18-9-16(23)7-8-24-10-16/h1-6,23H,7-10H2,(H,18,21). The number of rotatable bonds is 4. The molecule has 1 aliphatic rings. The summed E-state index contributed by atoms with van der Waals surface area (Å²) in [6.45, 7) is 0.426. The first-order valence-corrected chi connectivity index (χ1v) is 8.81. The molecule has 2 N–H and O–H groups in total. The number of nitrogens with zero attached hydrogens (tertiary/aromatic N) is 4. The van der Waals surface area contributed by atoms with Crippen molar-refractivity contribution in [2.24, 2.45) is 0 Å². The molecular formula is C16H16FN5OS. The third kappa shape index (κ3) is 2.83. The van der Waals surface area contributed by atoms with Crippen LogP contribution in [0, 0.1) is 5.82 Å². The molecule has 2 aromatic heterocycles. The Bertz CT molecular complexity index is 878. The largest absolute Gasteiger partial charge is 0.387 e. The Hall–Kier alpha value is -2.19. The van der Waals surface area contributed by atoms with Crippen LogP contribution in [0.25, 0.3) is 17.0 Å². The summed E-state index contributed by atoms with van der Waals surface area (Å²) in [5.74, 6) is 2.25. The Labute approximate surface area is 142 Å². The molecule has 3 heterocycles. The monoisotopic (exact) mass is 345 g/mol. The van der Waals surface area contributed by atoms with Crippen LogP contribution >= 0.6 is 11.8 Å². The van der Waals surface area contributed by atoms with Gasteiger partial charge in [0.15, 0.2) is 11.5 Å². The number of anilines is 1. The van der Waals surface area contributed by atoms with Gasteiger partial charge in [0.2, 0.25) is 0 Å². The number of thioether (sulfide) groups is 1. The maximum Gasteiger partial charge on any atom is 0.188 e. The zero-order valence-electron chi connectivity index (χ0n) is 12.8. The molecular weight excluding hydrogens is 329 g/mol. The summed E-state index contributed by atoms with van der Waals surface area (Å²) in [6, 6.07) is 9.94. The quantitative estimate of drug-likeness (QED) is 0.755. The van der Waals surface area contributed by atoms with E-state index in [-0.39, 0.29) is 5.82 Å². The maximum atomic E-state index is 14.0. The van der Waals surface area contributed by atoms with E-state index in [2.05, 4.69) is 20.6 Å². The van der Waals surface area contributed by atoms with Gasteiger partial charge in [0.25, 0.3) is 0 Å². The van der Waals surface area contributed by atoms with Gasteiger partial charge in [0.1, 0.15) is 11.6 Å². The second-order valence-corrected chi connectivity index (χ2v) is 6.98. The van der Waals surface area contributed by atoms with E-state index in [1.807, 2.05) is 0 Å². The van der Waals surface area contributed by atoms with Gasteiger partial charge in [-0.25, -0.2) is 4.39 Å². The first kappa shape index (κ1) is 15.3. The fourth-order valence-corrected chi connectivity index (χ4v) is 3.98. The molecule has 0 saturated carbocycles. The molecule has 0 radical (unpaired) electrons. The van der Waals surface area contributed by atoms with Gasteiger partial charge in [-0.2, -0.15) is 16.3 Å². The van der Waals surface area contributed by atoms with E-state index < -0.39 is 5.60 Å². The van der Waals surface area contributed by atoms with E-state index in [9.17, 15) is 9.50 Å². The van der Waals surface area contributed by atoms with Crippen molar-refractivity contribution in [3.05, 3.63) is 42.2 Å². The summed E-state index contributed by atoms with van der Waals surface area (Å²) in [5.41, 5.74) is 0.178. The average molecular weight is 345 g/mol. The molecule has 1 fully saturated rings. The summed E-state index contributed by atoms with van der Waals surface area (Å²) < 4.78 is 15.5. The van der Waals surface area contributed by atoms with E-state index in [0.717, 1.165) is 17.9 Å². The highest BCUT2D eigenvalue weighted by Crippen LogP contribution is 2.28. The summed E-state index contributed by atoms with van der Waals surface area (Å²) in [7, 11) is 0. The van der Waals surface area contributed by atoms with Crippen LogP contribution in [0.5, 0.6) is 0 Å². The molecule has 1 saturated heterocycles. The normalized spacial score (nSPS) is 20.6. The number of hydrogen-bond donors (Lipinski definition) is 2. The molecule has 0 amide bonds. The van der Waals surface area contributed by atoms with E-state index in [4.69, 9.17) is 0 Å².